The maximum absolute atomic E-state index is 12.6. The van der Waals surface area contributed by atoms with Gasteiger partial charge in [0.05, 0.1) is 12.7 Å². The molecule has 0 aliphatic carbocycles. The van der Waals surface area contributed by atoms with Crippen molar-refractivity contribution in [2.24, 2.45) is 0 Å². The monoisotopic (exact) mass is 339 g/mol. The van der Waals surface area contributed by atoms with Gasteiger partial charge in [-0.1, -0.05) is 18.2 Å². The van der Waals surface area contributed by atoms with E-state index in [0.717, 1.165) is 18.6 Å². The van der Waals surface area contributed by atoms with E-state index in [0.29, 0.717) is 24.6 Å². The molecule has 0 saturated carbocycles. The van der Waals surface area contributed by atoms with Gasteiger partial charge < -0.3 is 14.7 Å². The fraction of sp³-hybridized carbons (Fsp3) is 0.300. The smallest absolute Gasteiger partial charge is 0.335 e. The molecule has 1 N–H and O–H groups in total. The lowest BCUT2D eigenvalue weighted by molar-refractivity contribution is 0.0697. The Balaban J connectivity index is 1.66. The zero-order chi connectivity index (χ0) is 17.8. The lowest BCUT2D eigenvalue weighted by Crippen LogP contribution is -2.38. The van der Waals surface area contributed by atoms with Crippen LogP contribution in [0.2, 0.25) is 0 Å². The summed E-state index contributed by atoms with van der Waals surface area (Å²) in [5.41, 5.74) is 1.80. The number of benzene rings is 2. The molecule has 3 rings (SSSR count). The minimum absolute atomic E-state index is 0.104. The average Bonchev–Trinajstić information content (AvgIpc) is 2.67. The Morgan fingerprint density at radius 2 is 1.72 bits per heavy atom. The van der Waals surface area contributed by atoms with Gasteiger partial charge in [0.15, 0.2) is 0 Å². The molecule has 5 heteroatoms. The second-order valence-corrected chi connectivity index (χ2v) is 6.23. The number of carbonyl (C=O) groups excluding carboxylic acids is 1. The molecule has 0 spiro atoms. The molecule has 0 bridgehead atoms. The Hall–Kier alpha value is -2.82. The summed E-state index contributed by atoms with van der Waals surface area (Å²) in [5, 5.41) is 9.07. The van der Waals surface area contributed by atoms with E-state index in [1.165, 1.54) is 17.7 Å². The van der Waals surface area contributed by atoms with Crippen molar-refractivity contribution in [1.29, 1.82) is 0 Å². The van der Waals surface area contributed by atoms with Crippen molar-refractivity contribution >= 4 is 11.9 Å². The Morgan fingerprint density at radius 1 is 1.04 bits per heavy atom. The van der Waals surface area contributed by atoms with Crippen molar-refractivity contribution in [2.45, 2.75) is 18.8 Å². The first-order chi connectivity index (χ1) is 12.1. The van der Waals surface area contributed by atoms with Crippen molar-refractivity contribution in [1.82, 2.24) is 4.90 Å². The molecule has 0 atom stereocenters. The highest BCUT2D eigenvalue weighted by atomic mass is 16.5. The van der Waals surface area contributed by atoms with E-state index < -0.39 is 5.97 Å². The third kappa shape index (κ3) is 3.82. The first-order valence-electron chi connectivity index (χ1n) is 8.35. The number of carbonyl (C=O) groups is 2. The van der Waals surface area contributed by atoms with Crippen LogP contribution in [-0.4, -0.2) is 42.1 Å². The summed E-state index contributed by atoms with van der Waals surface area (Å²) in [6.45, 7) is 1.33. The number of carboxylic acid groups (broad SMARTS) is 1. The van der Waals surface area contributed by atoms with Gasteiger partial charge >= 0.3 is 5.97 Å². The van der Waals surface area contributed by atoms with Gasteiger partial charge in [-0.25, -0.2) is 4.79 Å². The number of amides is 1. The van der Waals surface area contributed by atoms with Gasteiger partial charge in [-0.3, -0.25) is 4.79 Å². The molecule has 1 heterocycles. The average molecular weight is 339 g/mol. The first kappa shape index (κ1) is 17.0. The summed E-state index contributed by atoms with van der Waals surface area (Å²) >= 11 is 0. The Labute approximate surface area is 146 Å². The molecule has 1 saturated heterocycles. The molecular weight excluding hydrogens is 318 g/mol. The van der Waals surface area contributed by atoms with E-state index in [-0.39, 0.29) is 11.5 Å². The number of rotatable bonds is 4. The van der Waals surface area contributed by atoms with Gasteiger partial charge in [0.1, 0.15) is 5.75 Å². The van der Waals surface area contributed by atoms with Crippen LogP contribution < -0.4 is 4.74 Å². The number of hydrogen-bond donors (Lipinski definition) is 1. The number of piperidine rings is 1. The molecule has 0 aromatic heterocycles. The number of hydrogen-bond acceptors (Lipinski definition) is 3. The zero-order valence-corrected chi connectivity index (χ0v) is 14.1. The highest BCUT2D eigenvalue weighted by molar-refractivity contribution is 5.97. The van der Waals surface area contributed by atoms with Crippen LogP contribution in [0.4, 0.5) is 0 Å². The summed E-state index contributed by atoms with van der Waals surface area (Å²) in [6.07, 6.45) is 1.77. The van der Waals surface area contributed by atoms with Crippen LogP contribution in [0.1, 0.15) is 45.0 Å². The number of aromatic carboxylic acids is 1. The first-order valence-corrected chi connectivity index (χ1v) is 8.35. The highest BCUT2D eigenvalue weighted by Crippen LogP contribution is 2.30. The minimum Gasteiger partial charge on any atom is -0.497 e. The molecule has 1 fully saturated rings. The number of carboxylic acids is 1. The number of methoxy groups -OCH3 is 1. The van der Waals surface area contributed by atoms with Crippen LogP contribution in [0.5, 0.6) is 5.75 Å². The predicted octanol–water partition coefficient (Wildman–Crippen LogP) is 3.41. The Bertz CT molecular complexity index is 779. The molecule has 25 heavy (non-hydrogen) atoms. The van der Waals surface area contributed by atoms with E-state index >= 15 is 0 Å². The molecule has 2 aromatic rings. The maximum Gasteiger partial charge on any atom is 0.335 e. The summed E-state index contributed by atoms with van der Waals surface area (Å²) < 4.78 is 5.28. The quantitative estimate of drug-likeness (QED) is 0.927. The summed E-state index contributed by atoms with van der Waals surface area (Å²) in [4.78, 5) is 25.5. The largest absolute Gasteiger partial charge is 0.497 e. The van der Waals surface area contributed by atoms with E-state index in [4.69, 9.17) is 9.84 Å². The molecular formula is C20H21NO4. The summed E-state index contributed by atoms with van der Waals surface area (Å²) in [6, 6.07) is 14.3. The normalized spacial score (nSPS) is 15.0. The second-order valence-electron chi connectivity index (χ2n) is 6.23. The fourth-order valence-electron chi connectivity index (χ4n) is 3.28. The Kier molecular flexibility index (Phi) is 5.03. The second kappa shape index (κ2) is 7.38. The molecule has 1 aliphatic heterocycles. The zero-order valence-electron chi connectivity index (χ0n) is 14.1. The van der Waals surface area contributed by atoms with Crippen molar-refractivity contribution < 1.29 is 19.4 Å². The molecule has 0 radical (unpaired) electrons. The van der Waals surface area contributed by atoms with Gasteiger partial charge in [0.25, 0.3) is 5.91 Å². The fourth-order valence-corrected chi connectivity index (χ4v) is 3.28. The minimum atomic E-state index is -1.02. The van der Waals surface area contributed by atoms with E-state index in [1.807, 2.05) is 12.1 Å². The number of likely N-dealkylation sites (tertiary alicyclic amines) is 1. The molecule has 0 unspecified atom stereocenters. The SMILES string of the molecule is COc1cccc(C2CCN(C(=O)c3cccc(C(=O)O)c3)CC2)c1. The predicted molar refractivity (Wildman–Crippen MR) is 94.3 cm³/mol. The lowest BCUT2D eigenvalue weighted by atomic mass is 9.89. The van der Waals surface area contributed by atoms with Crippen molar-refractivity contribution in [3.05, 3.63) is 65.2 Å². The summed E-state index contributed by atoms with van der Waals surface area (Å²) in [5.74, 6) is 0.129. The third-order valence-electron chi connectivity index (χ3n) is 4.70. The third-order valence-corrected chi connectivity index (χ3v) is 4.70. The van der Waals surface area contributed by atoms with Crippen LogP contribution in [0, 0.1) is 0 Å². The van der Waals surface area contributed by atoms with Crippen molar-refractivity contribution in [3.8, 4) is 5.75 Å². The molecule has 2 aromatic carbocycles. The molecule has 1 amide bonds. The van der Waals surface area contributed by atoms with E-state index in [9.17, 15) is 9.59 Å². The summed E-state index contributed by atoms with van der Waals surface area (Å²) in [7, 11) is 1.66. The maximum atomic E-state index is 12.6. The van der Waals surface area contributed by atoms with Crippen LogP contribution in [-0.2, 0) is 0 Å². The topological polar surface area (TPSA) is 66.8 Å². The van der Waals surface area contributed by atoms with Gasteiger partial charge in [0.2, 0.25) is 0 Å². The van der Waals surface area contributed by atoms with Gasteiger partial charge in [-0.05, 0) is 54.7 Å². The number of nitrogens with zero attached hydrogens (tertiary/aromatic N) is 1. The van der Waals surface area contributed by atoms with Crippen LogP contribution in [0.3, 0.4) is 0 Å². The molecule has 130 valence electrons. The molecule has 5 nitrogen and oxygen atoms in total. The van der Waals surface area contributed by atoms with Gasteiger partial charge in [-0.15, -0.1) is 0 Å². The highest BCUT2D eigenvalue weighted by Gasteiger charge is 2.25. The Morgan fingerprint density at radius 3 is 2.40 bits per heavy atom. The van der Waals surface area contributed by atoms with E-state index in [1.54, 1.807) is 24.1 Å². The van der Waals surface area contributed by atoms with Crippen LogP contribution in [0.25, 0.3) is 0 Å². The van der Waals surface area contributed by atoms with Gasteiger partial charge in [-0.2, -0.15) is 0 Å². The standard InChI is InChI=1S/C20H21NO4/c1-25-18-7-3-4-15(13-18)14-8-10-21(11-9-14)19(22)16-5-2-6-17(12-16)20(23)24/h2-7,12-14H,8-11H2,1H3,(H,23,24). The number of ether oxygens (including phenoxy) is 1. The molecule has 1 aliphatic rings. The lowest BCUT2D eigenvalue weighted by Gasteiger charge is -2.32. The van der Waals surface area contributed by atoms with Crippen LogP contribution in [0.15, 0.2) is 48.5 Å². The van der Waals surface area contributed by atoms with Crippen LogP contribution >= 0.6 is 0 Å². The van der Waals surface area contributed by atoms with Gasteiger partial charge in [0, 0.05) is 18.7 Å². The van der Waals surface area contributed by atoms with E-state index in [2.05, 4.69) is 12.1 Å². The van der Waals surface area contributed by atoms with Crippen molar-refractivity contribution in [2.75, 3.05) is 20.2 Å². The van der Waals surface area contributed by atoms with Crippen molar-refractivity contribution in [3.63, 3.8) is 0 Å².